The average molecular weight is 473 g/mol. The highest BCUT2D eigenvalue weighted by atomic mass is 127. The summed E-state index contributed by atoms with van der Waals surface area (Å²) >= 11 is 0. The van der Waals surface area contributed by atoms with Crippen LogP contribution in [0.1, 0.15) is 31.4 Å². The summed E-state index contributed by atoms with van der Waals surface area (Å²) < 4.78 is 0. The van der Waals surface area contributed by atoms with Gasteiger partial charge in [-0.05, 0) is 38.4 Å². The van der Waals surface area contributed by atoms with Gasteiger partial charge < -0.3 is 15.5 Å². The zero-order valence-corrected chi connectivity index (χ0v) is 18.4. The van der Waals surface area contributed by atoms with E-state index in [9.17, 15) is 4.79 Å². The van der Waals surface area contributed by atoms with Crippen LogP contribution in [0, 0.1) is 0 Å². The van der Waals surface area contributed by atoms with Gasteiger partial charge >= 0.3 is 0 Å². The Morgan fingerprint density at radius 1 is 1.19 bits per heavy atom. The molecule has 1 saturated heterocycles. The van der Waals surface area contributed by atoms with Gasteiger partial charge in [-0.3, -0.25) is 9.69 Å². The largest absolute Gasteiger partial charge is 0.357 e. The number of likely N-dealkylation sites (tertiary alicyclic amines) is 1. The molecule has 146 valence electrons. The number of hydrogen-bond acceptors (Lipinski definition) is 3. The number of halogens is 1. The lowest BCUT2D eigenvalue weighted by Crippen LogP contribution is -2.43. The summed E-state index contributed by atoms with van der Waals surface area (Å²) in [7, 11) is 3.49. The summed E-state index contributed by atoms with van der Waals surface area (Å²) in [5, 5.41) is 6.64. The lowest BCUT2D eigenvalue weighted by molar-refractivity contribution is -0.127. The molecule has 1 fully saturated rings. The predicted molar refractivity (Wildman–Crippen MR) is 118 cm³/mol. The Kier molecular flexibility index (Phi) is 10.6. The molecule has 1 aromatic rings. The molecule has 6 nitrogen and oxygen atoms in total. The van der Waals surface area contributed by atoms with Gasteiger partial charge in [-0.2, -0.15) is 0 Å². The normalized spacial score (nSPS) is 15.9. The number of aliphatic imine (C=N–C) groups is 1. The van der Waals surface area contributed by atoms with E-state index in [1.807, 2.05) is 6.92 Å². The number of nitrogens with zero attached hydrogens (tertiary/aromatic N) is 3. The van der Waals surface area contributed by atoms with Crippen LogP contribution in [-0.2, 0) is 4.79 Å². The van der Waals surface area contributed by atoms with Gasteiger partial charge in [0.25, 0.3) is 0 Å². The Balaban J connectivity index is 0.00000338. The monoisotopic (exact) mass is 473 g/mol. The Morgan fingerprint density at radius 3 is 2.42 bits per heavy atom. The minimum absolute atomic E-state index is 0. The van der Waals surface area contributed by atoms with Gasteiger partial charge in [-0.1, -0.05) is 30.3 Å². The Bertz CT molecular complexity index is 558. The van der Waals surface area contributed by atoms with Crippen molar-refractivity contribution in [2.24, 2.45) is 4.99 Å². The maximum Gasteiger partial charge on any atom is 0.243 e. The maximum atomic E-state index is 11.8. The molecule has 1 aromatic carbocycles. The van der Waals surface area contributed by atoms with Crippen molar-refractivity contribution in [3.8, 4) is 0 Å². The fourth-order valence-corrected chi connectivity index (χ4v) is 3.01. The van der Waals surface area contributed by atoms with Crippen molar-refractivity contribution in [2.45, 2.75) is 25.8 Å². The first-order valence-electron chi connectivity index (χ1n) is 9.13. The molecule has 2 rings (SSSR count). The molecule has 1 amide bonds. The first kappa shape index (κ1) is 22.7. The Labute approximate surface area is 174 Å². The Morgan fingerprint density at radius 2 is 1.85 bits per heavy atom. The maximum absolute atomic E-state index is 11.8. The van der Waals surface area contributed by atoms with E-state index >= 15 is 0 Å². The molecule has 1 aliphatic heterocycles. The molecule has 0 radical (unpaired) electrons. The summed E-state index contributed by atoms with van der Waals surface area (Å²) in [4.78, 5) is 20.3. The molecule has 1 heterocycles. The fourth-order valence-electron chi connectivity index (χ4n) is 3.01. The highest BCUT2D eigenvalue weighted by Gasteiger charge is 2.23. The second-order valence-corrected chi connectivity index (χ2v) is 6.53. The lowest BCUT2D eigenvalue weighted by Gasteiger charge is -2.29. The van der Waals surface area contributed by atoms with Gasteiger partial charge in [0.2, 0.25) is 5.91 Å². The van der Waals surface area contributed by atoms with Gasteiger partial charge in [0.05, 0.1) is 6.04 Å². The van der Waals surface area contributed by atoms with E-state index in [4.69, 9.17) is 0 Å². The topological polar surface area (TPSA) is 60.0 Å². The summed E-state index contributed by atoms with van der Waals surface area (Å²) in [6.07, 6.45) is 2.52. The third kappa shape index (κ3) is 7.11. The molecule has 0 spiro atoms. The molecular weight excluding hydrogens is 441 g/mol. The van der Waals surface area contributed by atoms with E-state index in [1.165, 1.54) is 18.4 Å². The van der Waals surface area contributed by atoms with E-state index < -0.39 is 0 Å². The van der Waals surface area contributed by atoms with Crippen LogP contribution in [0.25, 0.3) is 0 Å². The van der Waals surface area contributed by atoms with Crippen molar-refractivity contribution in [3.63, 3.8) is 0 Å². The van der Waals surface area contributed by atoms with Gasteiger partial charge in [0.15, 0.2) is 5.96 Å². The third-order valence-corrected chi connectivity index (χ3v) is 4.44. The SMILES string of the molecule is CCNC(=NCC(=O)N(C)C)NCC(c1ccccc1)N1CCCC1.I. The van der Waals surface area contributed by atoms with E-state index in [-0.39, 0.29) is 36.4 Å². The molecule has 26 heavy (non-hydrogen) atoms. The molecule has 1 atom stereocenters. The molecule has 0 bridgehead atoms. The summed E-state index contributed by atoms with van der Waals surface area (Å²) in [5.41, 5.74) is 1.32. The minimum atomic E-state index is -0.00337. The van der Waals surface area contributed by atoms with Gasteiger partial charge in [-0.15, -0.1) is 24.0 Å². The van der Waals surface area contributed by atoms with Gasteiger partial charge in [0.1, 0.15) is 6.54 Å². The number of guanidine groups is 1. The lowest BCUT2D eigenvalue weighted by atomic mass is 10.1. The standard InChI is InChI=1S/C19H31N5O.HI/c1-4-20-19(22-15-18(25)23(2)3)21-14-17(24-12-8-9-13-24)16-10-6-5-7-11-16;/h5-7,10-11,17H,4,8-9,12-15H2,1-3H3,(H2,20,21,22);1H. The molecule has 0 saturated carbocycles. The smallest absolute Gasteiger partial charge is 0.243 e. The third-order valence-electron chi connectivity index (χ3n) is 4.44. The number of nitrogens with one attached hydrogen (secondary N) is 2. The van der Waals surface area contributed by atoms with E-state index in [1.54, 1.807) is 19.0 Å². The van der Waals surface area contributed by atoms with Crippen molar-refractivity contribution in [2.75, 3.05) is 46.8 Å². The van der Waals surface area contributed by atoms with Crippen LogP contribution >= 0.6 is 24.0 Å². The highest BCUT2D eigenvalue weighted by Crippen LogP contribution is 2.24. The second-order valence-electron chi connectivity index (χ2n) is 6.53. The molecule has 1 unspecified atom stereocenters. The molecule has 2 N–H and O–H groups in total. The predicted octanol–water partition coefficient (Wildman–Crippen LogP) is 2.08. The van der Waals surface area contributed by atoms with Crippen LogP contribution in [-0.4, -0.2) is 68.5 Å². The average Bonchev–Trinajstić information content (AvgIpc) is 3.14. The quantitative estimate of drug-likeness (QED) is 0.362. The van der Waals surface area contributed by atoms with E-state index in [0.717, 1.165) is 26.2 Å². The number of amides is 1. The second kappa shape index (κ2) is 12.1. The van der Waals surface area contributed by atoms with Crippen LogP contribution in [0.2, 0.25) is 0 Å². The zero-order chi connectivity index (χ0) is 18.1. The van der Waals surface area contributed by atoms with Crippen molar-refractivity contribution in [1.82, 2.24) is 20.4 Å². The highest BCUT2D eigenvalue weighted by molar-refractivity contribution is 14.0. The first-order valence-corrected chi connectivity index (χ1v) is 9.13. The molecule has 7 heteroatoms. The first-order chi connectivity index (χ1) is 12.1. The van der Waals surface area contributed by atoms with Crippen molar-refractivity contribution in [3.05, 3.63) is 35.9 Å². The van der Waals surface area contributed by atoms with E-state index in [0.29, 0.717) is 12.0 Å². The molecule has 0 aliphatic carbocycles. The molecule has 0 aromatic heterocycles. The summed E-state index contributed by atoms with van der Waals surface area (Å²) in [5.74, 6) is 0.689. The summed E-state index contributed by atoms with van der Waals surface area (Å²) in [6.45, 7) is 5.98. The molecule has 1 aliphatic rings. The fraction of sp³-hybridized carbons (Fsp3) is 0.579. The van der Waals surface area contributed by atoms with E-state index in [2.05, 4.69) is 50.9 Å². The van der Waals surface area contributed by atoms with Crippen LogP contribution in [0.15, 0.2) is 35.3 Å². The van der Waals surface area contributed by atoms with Gasteiger partial charge in [0, 0.05) is 27.2 Å². The number of benzene rings is 1. The molecular formula is C19H32IN5O. The van der Waals surface area contributed by atoms with Crippen molar-refractivity contribution < 1.29 is 4.79 Å². The number of carbonyl (C=O) groups excluding carboxylic acids is 1. The number of rotatable bonds is 7. The van der Waals surface area contributed by atoms with Crippen LogP contribution < -0.4 is 10.6 Å². The minimum Gasteiger partial charge on any atom is -0.357 e. The zero-order valence-electron chi connectivity index (χ0n) is 16.1. The number of likely N-dealkylation sites (N-methyl/N-ethyl adjacent to an activating group) is 1. The van der Waals surface area contributed by atoms with Crippen LogP contribution in [0.5, 0.6) is 0 Å². The summed E-state index contributed by atoms with van der Waals surface area (Å²) in [6, 6.07) is 10.9. The van der Waals surface area contributed by atoms with Crippen LogP contribution in [0.4, 0.5) is 0 Å². The van der Waals surface area contributed by atoms with Crippen molar-refractivity contribution >= 4 is 35.8 Å². The van der Waals surface area contributed by atoms with Gasteiger partial charge in [-0.25, -0.2) is 4.99 Å². The van der Waals surface area contributed by atoms with Crippen molar-refractivity contribution in [1.29, 1.82) is 0 Å². The Hall–Kier alpha value is -1.35. The number of carbonyl (C=O) groups is 1. The number of hydrogen-bond donors (Lipinski definition) is 2. The van der Waals surface area contributed by atoms with Crippen LogP contribution in [0.3, 0.4) is 0 Å².